The molecule has 0 amide bonds. The van der Waals surface area contributed by atoms with Gasteiger partial charge < -0.3 is 16.1 Å². The smallest absolute Gasteiger partial charge is 0.271 e. The number of para-hydroxylation sites is 1. The highest BCUT2D eigenvalue weighted by atomic mass is 16.1. The van der Waals surface area contributed by atoms with Gasteiger partial charge in [0.2, 0.25) is 5.95 Å². The van der Waals surface area contributed by atoms with E-state index >= 15 is 0 Å². The molecule has 0 radical (unpaired) electrons. The van der Waals surface area contributed by atoms with E-state index < -0.39 is 0 Å². The molecule has 9 heteroatoms. The van der Waals surface area contributed by atoms with Crippen molar-refractivity contribution in [1.82, 2.24) is 25.6 Å². The highest BCUT2D eigenvalue weighted by Gasteiger charge is 2.29. The van der Waals surface area contributed by atoms with Gasteiger partial charge in [0.15, 0.2) is 0 Å². The Hall–Kier alpha value is -4.40. The first kappa shape index (κ1) is 17.5. The number of aromatic amines is 2. The third-order valence-corrected chi connectivity index (χ3v) is 5.47. The molecule has 0 saturated heterocycles. The molecule has 0 fully saturated rings. The number of hydrogen-bond donors (Lipinski definition) is 5. The number of nitrogens with one attached hydrogen (secondary N) is 5. The maximum Gasteiger partial charge on any atom is 0.271 e. The van der Waals surface area contributed by atoms with Crippen LogP contribution in [-0.4, -0.2) is 32.0 Å². The molecule has 2 atom stereocenters. The van der Waals surface area contributed by atoms with Gasteiger partial charge in [-0.15, -0.1) is 0 Å². The molecule has 0 bridgehead atoms. The van der Waals surface area contributed by atoms with Crippen LogP contribution in [0, 0.1) is 5.92 Å². The number of fused-ring (bicyclic) bond motifs is 3. The number of aromatic nitrogens is 4. The fraction of sp³-hybridized carbons (Fsp3) is 0.0909. The Bertz CT molecular complexity index is 1460. The Balaban J connectivity index is 1.36. The lowest BCUT2D eigenvalue weighted by atomic mass is 9.95. The lowest BCUT2D eigenvalue weighted by Gasteiger charge is -2.18. The average molecular weight is 410 g/mol. The quantitative estimate of drug-likeness (QED) is 0.354. The van der Waals surface area contributed by atoms with Crippen LogP contribution in [0.3, 0.4) is 0 Å². The molecule has 2 aromatic heterocycles. The third-order valence-electron chi connectivity index (χ3n) is 5.47. The van der Waals surface area contributed by atoms with Gasteiger partial charge in [-0.3, -0.25) is 15.0 Å². The highest BCUT2D eigenvalue weighted by molar-refractivity contribution is 6.05. The summed E-state index contributed by atoms with van der Waals surface area (Å²) in [4.78, 5) is 21.1. The molecule has 4 aromatic rings. The predicted molar refractivity (Wildman–Crippen MR) is 121 cm³/mol. The van der Waals surface area contributed by atoms with Crippen LogP contribution in [0.25, 0.3) is 21.8 Å². The molecule has 9 nitrogen and oxygen atoms in total. The Morgan fingerprint density at radius 3 is 2.77 bits per heavy atom. The fourth-order valence-electron chi connectivity index (χ4n) is 3.91. The maximum absolute atomic E-state index is 11.7. The number of H-pyrrole nitrogens is 2. The first-order valence-electron chi connectivity index (χ1n) is 9.94. The number of amidine groups is 1. The van der Waals surface area contributed by atoms with Crippen molar-refractivity contribution in [2.75, 3.05) is 10.6 Å². The Labute approximate surface area is 176 Å². The van der Waals surface area contributed by atoms with Gasteiger partial charge in [-0.1, -0.05) is 36.4 Å². The molecule has 1 aliphatic heterocycles. The first-order valence-corrected chi connectivity index (χ1v) is 9.94. The standard InChI is InChI=1S/C22H18N8O/c31-21-15-10-9-12(11-18(15)28-30-21)23-22-24-16-7-3-1-5-13(16)19(26-22)25-20-14-6-2-4-8-17(14)27-29-20/h1-11,14,17,27H,(H2,28,30,31)(H2,23,24,25,26,29). The largest absolute Gasteiger partial charge is 0.326 e. The summed E-state index contributed by atoms with van der Waals surface area (Å²) in [7, 11) is 0. The Morgan fingerprint density at radius 1 is 0.903 bits per heavy atom. The van der Waals surface area contributed by atoms with E-state index in [-0.39, 0.29) is 17.5 Å². The van der Waals surface area contributed by atoms with Gasteiger partial charge in [0.1, 0.15) is 11.7 Å². The maximum atomic E-state index is 11.7. The number of allylic oxidation sites excluding steroid dienone is 2. The highest BCUT2D eigenvalue weighted by Crippen LogP contribution is 2.27. The van der Waals surface area contributed by atoms with Gasteiger partial charge in [0.05, 0.1) is 28.4 Å². The zero-order valence-corrected chi connectivity index (χ0v) is 16.3. The number of hydrogen-bond acceptors (Lipinski definition) is 7. The molecule has 5 N–H and O–H groups in total. The second kappa shape index (κ2) is 6.84. The van der Waals surface area contributed by atoms with Crippen LogP contribution in [0.4, 0.5) is 17.5 Å². The molecule has 31 heavy (non-hydrogen) atoms. The van der Waals surface area contributed by atoms with Crippen molar-refractivity contribution in [2.24, 2.45) is 11.0 Å². The Morgan fingerprint density at radius 2 is 1.81 bits per heavy atom. The van der Waals surface area contributed by atoms with Crippen LogP contribution in [-0.2, 0) is 0 Å². The van der Waals surface area contributed by atoms with E-state index in [1.165, 1.54) is 0 Å². The van der Waals surface area contributed by atoms with Crippen molar-refractivity contribution >= 4 is 45.1 Å². The molecule has 2 aromatic carbocycles. The summed E-state index contributed by atoms with van der Waals surface area (Å²) in [5, 5.41) is 18.1. The van der Waals surface area contributed by atoms with Gasteiger partial charge in [0, 0.05) is 11.1 Å². The van der Waals surface area contributed by atoms with E-state index in [1.807, 2.05) is 48.6 Å². The van der Waals surface area contributed by atoms with Gasteiger partial charge >= 0.3 is 0 Å². The fourth-order valence-corrected chi connectivity index (χ4v) is 3.91. The number of nitrogens with zero attached hydrogens (tertiary/aromatic N) is 3. The molecule has 2 aliphatic rings. The van der Waals surface area contributed by atoms with Crippen LogP contribution in [0.2, 0.25) is 0 Å². The topological polar surface area (TPSA) is 123 Å². The van der Waals surface area contributed by atoms with Crippen molar-refractivity contribution in [3.8, 4) is 0 Å². The SMILES string of the molecule is O=c1[nH][nH]c2cc(Nc3nc(NC4=NNC5C=CC=CC45)c4ccccc4n3)ccc12. The van der Waals surface area contributed by atoms with E-state index in [9.17, 15) is 4.79 Å². The summed E-state index contributed by atoms with van der Waals surface area (Å²) in [5.74, 6) is 2.06. The van der Waals surface area contributed by atoms with Crippen molar-refractivity contribution in [3.63, 3.8) is 0 Å². The zero-order chi connectivity index (χ0) is 20.8. The van der Waals surface area contributed by atoms with Crippen LogP contribution >= 0.6 is 0 Å². The summed E-state index contributed by atoms with van der Waals surface area (Å²) >= 11 is 0. The van der Waals surface area contributed by atoms with Crippen LogP contribution in [0.15, 0.2) is 76.7 Å². The van der Waals surface area contributed by atoms with Crippen LogP contribution < -0.4 is 21.6 Å². The minimum Gasteiger partial charge on any atom is -0.326 e. The number of hydrazone groups is 1. The molecule has 152 valence electrons. The first-order chi connectivity index (χ1) is 15.2. The number of rotatable bonds is 3. The molecule has 0 saturated carbocycles. The molecule has 0 spiro atoms. The summed E-state index contributed by atoms with van der Waals surface area (Å²) < 4.78 is 0. The van der Waals surface area contributed by atoms with Crippen molar-refractivity contribution in [3.05, 3.63) is 77.1 Å². The van der Waals surface area contributed by atoms with Gasteiger partial charge in [-0.2, -0.15) is 10.1 Å². The summed E-state index contributed by atoms with van der Waals surface area (Å²) in [5.41, 5.74) is 5.29. The average Bonchev–Trinajstić information content (AvgIpc) is 3.37. The second-order valence-electron chi connectivity index (χ2n) is 7.45. The monoisotopic (exact) mass is 410 g/mol. The van der Waals surface area contributed by atoms with E-state index in [0.717, 1.165) is 22.4 Å². The van der Waals surface area contributed by atoms with Crippen LogP contribution in [0.1, 0.15) is 0 Å². The van der Waals surface area contributed by atoms with Crippen molar-refractivity contribution < 1.29 is 0 Å². The summed E-state index contributed by atoms with van der Waals surface area (Å²) in [6.45, 7) is 0. The third kappa shape index (κ3) is 3.03. The van der Waals surface area contributed by atoms with E-state index in [4.69, 9.17) is 4.98 Å². The molecule has 6 rings (SSSR count). The summed E-state index contributed by atoms with van der Waals surface area (Å²) in [6, 6.07) is 13.4. The molecular weight excluding hydrogens is 392 g/mol. The van der Waals surface area contributed by atoms with Crippen molar-refractivity contribution in [1.29, 1.82) is 0 Å². The summed E-state index contributed by atoms with van der Waals surface area (Å²) in [6.07, 6.45) is 8.25. The Kier molecular flexibility index (Phi) is 3.85. The number of benzene rings is 2. The minimum absolute atomic E-state index is 0.128. The number of anilines is 3. The van der Waals surface area contributed by atoms with Gasteiger partial charge in [0.25, 0.3) is 5.56 Å². The minimum atomic E-state index is -0.147. The van der Waals surface area contributed by atoms with E-state index in [1.54, 1.807) is 6.07 Å². The second-order valence-corrected chi connectivity index (χ2v) is 7.45. The van der Waals surface area contributed by atoms with Gasteiger partial charge in [-0.05, 0) is 30.3 Å². The lowest BCUT2D eigenvalue weighted by molar-refractivity contribution is 0.621. The lowest BCUT2D eigenvalue weighted by Crippen LogP contribution is -2.30. The molecular formula is C22H18N8O. The van der Waals surface area contributed by atoms with Crippen molar-refractivity contribution in [2.45, 2.75) is 6.04 Å². The molecule has 1 aliphatic carbocycles. The van der Waals surface area contributed by atoms with Crippen LogP contribution in [0.5, 0.6) is 0 Å². The zero-order valence-electron chi connectivity index (χ0n) is 16.3. The van der Waals surface area contributed by atoms with E-state index in [2.05, 4.69) is 48.5 Å². The molecule has 2 unspecified atom stereocenters. The normalized spacial score (nSPS) is 19.3. The van der Waals surface area contributed by atoms with Gasteiger partial charge in [-0.25, -0.2) is 4.98 Å². The van der Waals surface area contributed by atoms with E-state index in [0.29, 0.717) is 22.7 Å². The molecule has 3 heterocycles. The predicted octanol–water partition coefficient (Wildman–Crippen LogP) is 2.98.